The van der Waals surface area contributed by atoms with Gasteiger partial charge in [-0.3, -0.25) is 4.40 Å². The van der Waals surface area contributed by atoms with E-state index in [4.69, 9.17) is 0 Å². The van der Waals surface area contributed by atoms with E-state index >= 15 is 0 Å². The summed E-state index contributed by atoms with van der Waals surface area (Å²) in [5.41, 5.74) is 0.903. The van der Waals surface area contributed by atoms with E-state index in [0.717, 1.165) is 17.2 Å². The molecule has 92 valence electrons. The summed E-state index contributed by atoms with van der Waals surface area (Å²) in [5.74, 6) is 0. The molecule has 2 aromatic heterocycles. The molecule has 2 aromatic rings. The maximum Gasteiger partial charge on any atom is 0.195 e. The average molecular weight is 250 g/mol. The van der Waals surface area contributed by atoms with Crippen molar-refractivity contribution >= 4 is 17.4 Å². The summed E-state index contributed by atoms with van der Waals surface area (Å²) >= 11 is 1.76. The van der Waals surface area contributed by atoms with Gasteiger partial charge in [0.15, 0.2) is 10.8 Å². The Hall–Kier alpha value is -1.07. The van der Waals surface area contributed by atoms with Gasteiger partial charge < -0.3 is 5.32 Å². The average Bonchev–Trinajstić information content (AvgIpc) is 2.74. The Bertz CT molecular complexity index is 478. The fourth-order valence-corrected chi connectivity index (χ4v) is 3.10. The number of pyridine rings is 1. The molecule has 0 aliphatic rings. The Labute approximate surface area is 106 Å². The first-order valence-corrected chi connectivity index (χ1v) is 6.78. The van der Waals surface area contributed by atoms with Crippen LogP contribution in [0.5, 0.6) is 0 Å². The van der Waals surface area contributed by atoms with Crippen LogP contribution in [0.1, 0.15) is 20.3 Å². The number of rotatable bonds is 5. The van der Waals surface area contributed by atoms with Gasteiger partial charge in [-0.05, 0) is 25.6 Å². The minimum atomic E-state index is 0.470. The molecule has 1 N–H and O–H groups in total. The van der Waals surface area contributed by atoms with Crippen LogP contribution in [-0.2, 0) is 0 Å². The van der Waals surface area contributed by atoms with Crippen LogP contribution in [0.15, 0.2) is 29.6 Å². The Morgan fingerprint density at radius 1 is 1.41 bits per heavy atom. The molecule has 0 aliphatic carbocycles. The summed E-state index contributed by atoms with van der Waals surface area (Å²) in [6.45, 7) is 4.42. The molecule has 0 spiro atoms. The van der Waals surface area contributed by atoms with Crippen molar-refractivity contribution in [1.82, 2.24) is 19.9 Å². The highest BCUT2D eigenvalue weighted by molar-refractivity contribution is 7.99. The molecule has 0 saturated heterocycles. The molecule has 4 nitrogen and oxygen atoms in total. The van der Waals surface area contributed by atoms with Crippen LogP contribution in [0.2, 0.25) is 0 Å². The molecule has 0 radical (unpaired) electrons. The first kappa shape index (κ1) is 12.4. The molecule has 2 unspecified atom stereocenters. The molecule has 0 fully saturated rings. The standard InChI is InChI=1S/C12H18N4S/c1-4-10(13-3)9(2)17-12-15-14-11-7-5-6-8-16(11)12/h5-10,13H,4H2,1-3H3. The van der Waals surface area contributed by atoms with Crippen LogP contribution < -0.4 is 5.32 Å². The monoisotopic (exact) mass is 250 g/mol. The molecule has 0 amide bonds. The second kappa shape index (κ2) is 5.51. The van der Waals surface area contributed by atoms with Gasteiger partial charge in [-0.2, -0.15) is 0 Å². The van der Waals surface area contributed by atoms with Gasteiger partial charge >= 0.3 is 0 Å². The number of nitrogens with one attached hydrogen (secondary N) is 1. The highest BCUT2D eigenvalue weighted by Gasteiger charge is 2.17. The van der Waals surface area contributed by atoms with E-state index in [-0.39, 0.29) is 0 Å². The van der Waals surface area contributed by atoms with Crippen molar-refractivity contribution < 1.29 is 0 Å². The van der Waals surface area contributed by atoms with E-state index in [2.05, 4.69) is 29.4 Å². The van der Waals surface area contributed by atoms with Crippen molar-refractivity contribution in [1.29, 1.82) is 0 Å². The summed E-state index contributed by atoms with van der Waals surface area (Å²) in [6.07, 6.45) is 3.12. The fraction of sp³-hybridized carbons (Fsp3) is 0.500. The zero-order valence-electron chi connectivity index (χ0n) is 10.4. The van der Waals surface area contributed by atoms with Gasteiger partial charge in [0.1, 0.15) is 0 Å². The first-order valence-electron chi connectivity index (χ1n) is 5.90. The number of fused-ring (bicyclic) bond motifs is 1. The molecule has 0 saturated carbocycles. The first-order chi connectivity index (χ1) is 8.26. The lowest BCUT2D eigenvalue weighted by Crippen LogP contribution is -2.33. The van der Waals surface area contributed by atoms with Gasteiger partial charge in [0.05, 0.1) is 0 Å². The Morgan fingerprint density at radius 2 is 2.24 bits per heavy atom. The lowest BCUT2D eigenvalue weighted by atomic mass is 10.2. The third kappa shape index (κ3) is 2.61. The van der Waals surface area contributed by atoms with E-state index in [9.17, 15) is 0 Å². The molecular formula is C12H18N4S. The Balaban J connectivity index is 2.18. The summed E-state index contributed by atoms with van der Waals surface area (Å²) < 4.78 is 2.03. The second-order valence-corrected chi connectivity index (χ2v) is 5.38. The van der Waals surface area contributed by atoms with Gasteiger partial charge in [0, 0.05) is 17.5 Å². The number of aromatic nitrogens is 3. The second-order valence-electron chi connectivity index (χ2n) is 4.04. The predicted molar refractivity (Wildman–Crippen MR) is 71.4 cm³/mol. The maximum atomic E-state index is 4.23. The third-order valence-corrected chi connectivity index (χ3v) is 4.14. The van der Waals surface area contributed by atoms with Gasteiger partial charge in [-0.15, -0.1) is 10.2 Å². The van der Waals surface area contributed by atoms with Crippen molar-refractivity contribution in [2.75, 3.05) is 7.05 Å². The van der Waals surface area contributed by atoms with E-state index < -0.39 is 0 Å². The van der Waals surface area contributed by atoms with Crippen molar-refractivity contribution in [3.63, 3.8) is 0 Å². The lowest BCUT2D eigenvalue weighted by Gasteiger charge is -2.20. The van der Waals surface area contributed by atoms with Gasteiger partial charge in [-0.25, -0.2) is 0 Å². The summed E-state index contributed by atoms with van der Waals surface area (Å²) in [5, 5.41) is 13.2. The van der Waals surface area contributed by atoms with E-state index in [1.165, 1.54) is 0 Å². The Kier molecular flexibility index (Phi) is 4.02. The fourth-order valence-electron chi connectivity index (χ4n) is 1.92. The maximum absolute atomic E-state index is 4.23. The summed E-state index contributed by atoms with van der Waals surface area (Å²) in [4.78, 5) is 0. The number of hydrogen-bond acceptors (Lipinski definition) is 4. The summed E-state index contributed by atoms with van der Waals surface area (Å²) in [7, 11) is 2.01. The molecule has 2 rings (SSSR count). The molecule has 5 heteroatoms. The zero-order chi connectivity index (χ0) is 12.3. The SMILES string of the molecule is CCC(NC)C(C)Sc1nnc2ccccn12. The molecule has 17 heavy (non-hydrogen) atoms. The van der Waals surface area contributed by atoms with Crippen LogP contribution in [0.3, 0.4) is 0 Å². The molecule has 2 heterocycles. The highest BCUT2D eigenvalue weighted by Crippen LogP contribution is 2.24. The van der Waals surface area contributed by atoms with Crippen LogP contribution >= 0.6 is 11.8 Å². The lowest BCUT2D eigenvalue weighted by molar-refractivity contribution is 0.540. The molecule has 2 atom stereocenters. The topological polar surface area (TPSA) is 42.2 Å². The number of thioether (sulfide) groups is 1. The minimum absolute atomic E-state index is 0.470. The highest BCUT2D eigenvalue weighted by atomic mass is 32.2. The molecule has 0 aliphatic heterocycles. The van der Waals surface area contributed by atoms with E-state index in [0.29, 0.717) is 11.3 Å². The smallest absolute Gasteiger partial charge is 0.195 e. The number of nitrogens with zero attached hydrogens (tertiary/aromatic N) is 3. The normalized spacial score (nSPS) is 15.0. The van der Waals surface area contributed by atoms with Crippen molar-refractivity contribution in [2.45, 2.75) is 36.7 Å². The minimum Gasteiger partial charge on any atom is -0.316 e. The predicted octanol–water partition coefficient (Wildman–Crippen LogP) is 2.21. The number of hydrogen-bond donors (Lipinski definition) is 1. The zero-order valence-corrected chi connectivity index (χ0v) is 11.2. The summed E-state index contributed by atoms with van der Waals surface area (Å²) in [6, 6.07) is 6.44. The Morgan fingerprint density at radius 3 is 2.94 bits per heavy atom. The van der Waals surface area contributed by atoms with Crippen LogP contribution in [0.25, 0.3) is 5.65 Å². The molecule has 0 bridgehead atoms. The molecular weight excluding hydrogens is 232 g/mol. The molecule has 0 aromatic carbocycles. The van der Waals surface area contributed by atoms with Gasteiger partial charge in [-0.1, -0.05) is 31.7 Å². The van der Waals surface area contributed by atoms with Crippen molar-refractivity contribution in [3.8, 4) is 0 Å². The van der Waals surface area contributed by atoms with E-state index in [1.54, 1.807) is 11.8 Å². The van der Waals surface area contributed by atoms with Crippen LogP contribution in [0, 0.1) is 0 Å². The van der Waals surface area contributed by atoms with Gasteiger partial charge in [0.2, 0.25) is 0 Å². The van der Waals surface area contributed by atoms with Crippen molar-refractivity contribution in [2.24, 2.45) is 0 Å². The quantitative estimate of drug-likeness (QED) is 0.826. The van der Waals surface area contributed by atoms with Crippen LogP contribution in [-0.4, -0.2) is 32.9 Å². The van der Waals surface area contributed by atoms with Crippen LogP contribution in [0.4, 0.5) is 0 Å². The van der Waals surface area contributed by atoms with Crippen molar-refractivity contribution in [3.05, 3.63) is 24.4 Å². The van der Waals surface area contributed by atoms with Gasteiger partial charge in [0.25, 0.3) is 0 Å². The van der Waals surface area contributed by atoms with E-state index in [1.807, 2.05) is 35.8 Å². The largest absolute Gasteiger partial charge is 0.316 e. The third-order valence-electron chi connectivity index (χ3n) is 2.95.